The first-order valence-corrected chi connectivity index (χ1v) is 11.2. The normalized spacial score (nSPS) is 10.4. The van der Waals surface area contributed by atoms with E-state index < -0.39 is 0 Å². The van der Waals surface area contributed by atoms with Crippen molar-refractivity contribution in [1.82, 2.24) is 0 Å². The number of ether oxygens (including phenoxy) is 4. The number of rotatable bonds is 10. The summed E-state index contributed by atoms with van der Waals surface area (Å²) in [5, 5.41) is 7.32. The van der Waals surface area contributed by atoms with Crippen molar-refractivity contribution >= 4 is 34.0 Å². The molecule has 4 aromatic carbocycles. The summed E-state index contributed by atoms with van der Waals surface area (Å²) in [6.45, 7) is -0.302. The van der Waals surface area contributed by atoms with Gasteiger partial charge in [-0.2, -0.15) is 0 Å². The lowest BCUT2D eigenvalue weighted by molar-refractivity contribution is -0.118. The molecule has 0 aromatic heterocycles. The van der Waals surface area contributed by atoms with Crippen LogP contribution in [-0.2, 0) is 9.59 Å². The molecule has 0 heterocycles. The maximum atomic E-state index is 12.5. The van der Waals surface area contributed by atoms with Crippen LogP contribution in [0.15, 0.2) is 84.9 Å². The van der Waals surface area contributed by atoms with Crippen LogP contribution in [0.25, 0.3) is 10.8 Å². The highest BCUT2D eigenvalue weighted by Crippen LogP contribution is 2.29. The molecule has 0 saturated heterocycles. The molecule has 0 spiro atoms. The zero-order chi connectivity index (χ0) is 25.3. The van der Waals surface area contributed by atoms with Crippen LogP contribution < -0.4 is 29.6 Å². The Balaban J connectivity index is 1.38. The molecular weight excluding hydrogens is 460 g/mol. The van der Waals surface area contributed by atoms with Gasteiger partial charge in [0.05, 0.1) is 14.2 Å². The van der Waals surface area contributed by atoms with Crippen LogP contribution in [0.4, 0.5) is 11.4 Å². The number of hydrogen-bond acceptors (Lipinski definition) is 6. The van der Waals surface area contributed by atoms with Crippen molar-refractivity contribution in [2.24, 2.45) is 0 Å². The average molecular weight is 487 g/mol. The van der Waals surface area contributed by atoms with Crippen molar-refractivity contribution in [3.05, 3.63) is 84.9 Å². The second-order valence-corrected chi connectivity index (χ2v) is 7.73. The molecule has 0 aliphatic heterocycles. The maximum Gasteiger partial charge on any atom is 0.262 e. The van der Waals surface area contributed by atoms with Crippen molar-refractivity contribution in [2.75, 3.05) is 38.1 Å². The third-order valence-corrected chi connectivity index (χ3v) is 5.33. The highest BCUT2D eigenvalue weighted by molar-refractivity contribution is 6.09. The summed E-state index contributed by atoms with van der Waals surface area (Å²) in [7, 11) is 3.17. The predicted molar refractivity (Wildman–Crippen MR) is 138 cm³/mol. The lowest BCUT2D eigenvalue weighted by Gasteiger charge is -2.13. The van der Waals surface area contributed by atoms with Crippen molar-refractivity contribution in [3.63, 3.8) is 0 Å². The molecule has 0 fully saturated rings. The first-order chi connectivity index (χ1) is 17.6. The van der Waals surface area contributed by atoms with Crippen LogP contribution in [0, 0.1) is 0 Å². The molecule has 0 aliphatic rings. The van der Waals surface area contributed by atoms with Gasteiger partial charge >= 0.3 is 0 Å². The first-order valence-electron chi connectivity index (χ1n) is 11.2. The molecule has 184 valence electrons. The highest BCUT2D eigenvalue weighted by atomic mass is 16.5. The van der Waals surface area contributed by atoms with E-state index in [1.807, 2.05) is 24.3 Å². The molecule has 2 amide bonds. The number of methoxy groups -OCH3 is 2. The van der Waals surface area contributed by atoms with E-state index in [2.05, 4.69) is 10.6 Å². The molecule has 0 saturated carbocycles. The Kier molecular flexibility index (Phi) is 7.87. The molecule has 0 radical (unpaired) electrons. The molecule has 8 nitrogen and oxygen atoms in total. The van der Waals surface area contributed by atoms with Crippen LogP contribution in [0.5, 0.6) is 23.0 Å². The third-order valence-electron chi connectivity index (χ3n) is 5.33. The fraction of sp³-hybridized carbons (Fsp3) is 0.143. The van der Waals surface area contributed by atoms with E-state index in [0.717, 1.165) is 10.8 Å². The first kappa shape index (κ1) is 24.4. The highest BCUT2D eigenvalue weighted by Gasteiger charge is 2.11. The summed E-state index contributed by atoms with van der Waals surface area (Å²) in [5.74, 6) is 1.92. The van der Waals surface area contributed by atoms with Gasteiger partial charge in [0.25, 0.3) is 11.8 Å². The molecule has 4 rings (SSSR count). The van der Waals surface area contributed by atoms with E-state index in [1.165, 1.54) is 0 Å². The summed E-state index contributed by atoms with van der Waals surface area (Å²) in [6.07, 6.45) is 0. The van der Waals surface area contributed by atoms with Gasteiger partial charge in [-0.25, -0.2) is 0 Å². The largest absolute Gasteiger partial charge is 0.497 e. The Morgan fingerprint density at radius 2 is 0.917 bits per heavy atom. The standard InChI is InChI=1S/C28H26N2O6/c1-33-19-9-13-21(14-10-19)35-17-27(31)29-25-7-3-6-24-23(25)5-4-8-26(24)30-28(32)18-36-22-15-11-20(34-2)12-16-22/h3-16H,17-18H2,1-2H3,(H,29,31)(H,30,32). The number of anilines is 2. The van der Waals surface area contributed by atoms with E-state index in [-0.39, 0.29) is 25.0 Å². The van der Waals surface area contributed by atoms with Gasteiger partial charge in [-0.1, -0.05) is 24.3 Å². The minimum Gasteiger partial charge on any atom is -0.497 e. The van der Waals surface area contributed by atoms with E-state index in [0.29, 0.717) is 34.4 Å². The summed E-state index contributed by atoms with van der Waals surface area (Å²) in [5.41, 5.74) is 1.22. The minimum atomic E-state index is -0.305. The lowest BCUT2D eigenvalue weighted by atomic mass is 10.1. The van der Waals surface area contributed by atoms with Gasteiger partial charge in [0, 0.05) is 22.1 Å². The molecule has 0 aliphatic carbocycles. The number of carbonyl (C=O) groups excluding carboxylic acids is 2. The minimum absolute atomic E-state index is 0.151. The van der Waals surface area contributed by atoms with E-state index in [4.69, 9.17) is 18.9 Å². The van der Waals surface area contributed by atoms with Crippen LogP contribution >= 0.6 is 0 Å². The van der Waals surface area contributed by atoms with Gasteiger partial charge in [-0.05, 0) is 60.7 Å². The predicted octanol–water partition coefficient (Wildman–Crippen LogP) is 4.89. The van der Waals surface area contributed by atoms with E-state index in [9.17, 15) is 9.59 Å². The quantitative estimate of drug-likeness (QED) is 0.331. The van der Waals surface area contributed by atoms with Crippen LogP contribution in [0.2, 0.25) is 0 Å². The summed E-state index contributed by atoms with van der Waals surface area (Å²) < 4.78 is 21.4. The number of benzene rings is 4. The average Bonchev–Trinajstić information content (AvgIpc) is 2.92. The van der Waals surface area contributed by atoms with E-state index in [1.54, 1.807) is 74.9 Å². The summed E-state index contributed by atoms with van der Waals surface area (Å²) in [4.78, 5) is 25.0. The Labute approximate surface area is 208 Å². The molecule has 4 aromatic rings. The number of hydrogen-bond donors (Lipinski definition) is 2. The SMILES string of the molecule is COc1ccc(OCC(=O)Nc2cccc3c(NC(=O)COc4ccc(OC)cc4)cccc23)cc1. The van der Waals surface area contributed by atoms with Crippen molar-refractivity contribution in [2.45, 2.75) is 0 Å². The van der Waals surface area contributed by atoms with Gasteiger partial charge in [-0.15, -0.1) is 0 Å². The van der Waals surface area contributed by atoms with Gasteiger partial charge in [0.15, 0.2) is 13.2 Å². The number of amides is 2. The van der Waals surface area contributed by atoms with Crippen molar-refractivity contribution < 1.29 is 28.5 Å². The van der Waals surface area contributed by atoms with Crippen LogP contribution in [-0.4, -0.2) is 39.2 Å². The van der Waals surface area contributed by atoms with Crippen molar-refractivity contribution in [1.29, 1.82) is 0 Å². The summed E-state index contributed by atoms with van der Waals surface area (Å²) in [6, 6.07) is 24.9. The number of nitrogens with one attached hydrogen (secondary N) is 2. The third kappa shape index (κ3) is 6.24. The van der Waals surface area contributed by atoms with Gasteiger partial charge in [0.2, 0.25) is 0 Å². The molecule has 36 heavy (non-hydrogen) atoms. The topological polar surface area (TPSA) is 95.1 Å². The van der Waals surface area contributed by atoms with Gasteiger partial charge in [0.1, 0.15) is 23.0 Å². The zero-order valence-corrected chi connectivity index (χ0v) is 19.9. The second-order valence-electron chi connectivity index (χ2n) is 7.73. The number of fused-ring (bicyclic) bond motifs is 1. The maximum absolute atomic E-state index is 12.5. The number of carbonyl (C=O) groups is 2. The Morgan fingerprint density at radius 1 is 0.556 bits per heavy atom. The molecular formula is C28H26N2O6. The van der Waals surface area contributed by atoms with E-state index >= 15 is 0 Å². The fourth-order valence-corrected chi connectivity index (χ4v) is 3.54. The van der Waals surface area contributed by atoms with Gasteiger partial charge in [-0.3, -0.25) is 9.59 Å². The fourth-order valence-electron chi connectivity index (χ4n) is 3.54. The molecule has 0 atom stereocenters. The van der Waals surface area contributed by atoms with Crippen LogP contribution in [0.1, 0.15) is 0 Å². The monoisotopic (exact) mass is 486 g/mol. The Morgan fingerprint density at radius 3 is 1.28 bits per heavy atom. The molecule has 8 heteroatoms. The Hall–Kier alpha value is -4.72. The molecule has 0 bridgehead atoms. The van der Waals surface area contributed by atoms with Gasteiger partial charge < -0.3 is 29.6 Å². The lowest BCUT2D eigenvalue weighted by Crippen LogP contribution is -2.21. The zero-order valence-electron chi connectivity index (χ0n) is 19.9. The Bertz CT molecular complexity index is 1230. The molecule has 2 N–H and O–H groups in total. The van der Waals surface area contributed by atoms with Crippen LogP contribution in [0.3, 0.4) is 0 Å². The smallest absolute Gasteiger partial charge is 0.262 e. The second kappa shape index (κ2) is 11.6. The van der Waals surface area contributed by atoms with Crippen molar-refractivity contribution in [3.8, 4) is 23.0 Å². The summed E-state index contributed by atoms with van der Waals surface area (Å²) >= 11 is 0. The molecule has 0 unspecified atom stereocenters.